The van der Waals surface area contributed by atoms with Crippen LogP contribution in [0.2, 0.25) is 0 Å². The molecule has 0 aromatic rings. The van der Waals surface area contributed by atoms with Crippen LogP contribution in [-0.4, -0.2) is 46.3 Å². The minimum atomic E-state index is -4.16. The van der Waals surface area contributed by atoms with Gasteiger partial charge in [0.25, 0.3) is 10.1 Å². The van der Waals surface area contributed by atoms with Crippen molar-refractivity contribution in [3.8, 4) is 0 Å². The molecule has 0 bridgehead atoms. The van der Waals surface area contributed by atoms with E-state index in [1.54, 1.807) is 5.06 Å². The van der Waals surface area contributed by atoms with E-state index in [0.29, 0.717) is 12.8 Å². The van der Waals surface area contributed by atoms with Crippen molar-refractivity contribution >= 4 is 10.1 Å². The highest BCUT2D eigenvalue weighted by atomic mass is 32.2. The van der Waals surface area contributed by atoms with Gasteiger partial charge in [0.1, 0.15) is 0 Å². The Kier molecular flexibility index (Phi) is 3.91. The van der Waals surface area contributed by atoms with Crippen LogP contribution in [0.15, 0.2) is 0 Å². The molecule has 102 valence electrons. The fraction of sp³-hybridized carbons (Fsp3) is 1.00. The number of hydroxylamine groups is 2. The van der Waals surface area contributed by atoms with Crippen molar-refractivity contribution in [2.24, 2.45) is 0 Å². The van der Waals surface area contributed by atoms with E-state index in [9.17, 15) is 13.5 Å². The van der Waals surface area contributed by atoms with Crippen molar-refractivity contribution in [1.29, 1.82) is 0 Å². The summed E-state index contributed by atoms with van der Waals surface area (Å²) < 4.78 is 30.1. The molecule has 0 unspecified atom stereocenters. The summed E-state index contributed by atoms with van der Waals surface area (Å²) in [4.78, 5) is 5.21. The first-order valence-electron chi connectivity index (χ1n) is 5.50. The average Bonchev–Trinajstić information content (AvgIpc) is 1.94. The van der Waals surface area contributed by atoms with Gasteiger partial charge in [-0.05, 0) is 40.5 Å². The van der Waals surface area contributed by atoms with Crippen LogP contribution in [0, 0.1) is 0 Å². The third kappa shape index (κ3) is 3.89. The highest BCUT2D eigenvalue weighted by molar-refractivity contribution is 7.85. The first-order valence-corrected chi connectivity index (χ1v) is 7.11. The van der Waals surface area contributed by atoms with E-state index in [1.165, 1.54) is 0 Å². The van der Waals surface area contributed by atoms with Crippen molar-refractivity contribution in [1.82, 2.24) is 5.06 Å². The van der Waals surface area contributed by atoms with Gasteiger partial charge in [-0.15, -0.1) is 0 Å². The number of rotatable bonds is 3. The molecule has 1 aliphatic heterocycles. The number of hydrogen-bond donors (Lipinski definition) is 2. The Morgan fingerprint density at radius 2 is 1.65 bits per heavy atom. The molecule has 0 aliphatic carbocycles. The van der Waals surface area contributed by atoms with Crippen molar-refractivity contribution in [3.63, 3.8) is 0 Å². The van der Waals surface area contributed by atoms with Crippen LogP contribution in [0.1, 0.15) is 40.5 Å². The van der Waals surface area contributed by atoms with E-state index in [-0.39, 0.29) is 0 Å². The molecule has 1 fully saturated rings. The molecular formula is C10H21NO5S. The maximum Gasteiger partial charge on any atom is 0.291 e. The summed E-state index contributed by atoms with van der Waals surface area (Å²) in [5.74, 6) is -0.768. The smallest absolute Gasteiger partial charge is 0.291 e. The number of piperidine rings is 1. The fourth-order valence-electron chi connectivity index (χ4n) is 2.68. The second kappa shape index (κ2) is 4.47. The van der Waals surface area contributed by atoms with Crippen molar-refractivity contribution in [2.75, 3.05) is 5.94 Å². The lowest BCUT2D eigenvalue weighted by atomic mass is 9.80. The Labute approximate surface area is 102 Å². The van der Waals surface area contributed by atoms with Crippen LogP contribution in [-0.2, 0) is 15.0 Å². The fourth-order valence-corrected chi connectivity index (χ4v) is 2.92. The van der Waals surface area contributed by atoms with Crippen LogP contribution in [0.4, 0.5) is 0 Å². The summed E-state index contributed by atoms with van der Waals surface area (Å²) >= 11 is 0. The minimum Gasteiger partial charge on any atom is -0.393 e. The standard InChI is InChI=1S/C10H21NO5S/c1-9(2)5-8(12)6-10(3,4)11(9)16-7-17(13,14)15/h8,12H,5-7H2,1-4H3,(H,13,14,15). The molecule has 0 aromatic heterocycles. The Balaban J connectivity index is 2.86. The first-order chi connectivity index (χ1) is 7.44. The van der Waals surface area contributed by atoms with Gasteiger partial charge in [0.2, 0.25) is 0 Å². The molecule has 0 aromatic carbocycles. The number of aliphatic hydroxyl groups is 1. The van der Waals surface area contributed by atoms with E-state index in [4.69, 9.17) is 9.39 Å². The molecule has 1 rings (SSSR count). The molecule has 6 nitrogen and oxygen atoms in total. The second-order valence-corrected chi connectivity index (χ2v) is 7.21. The van der Waals surface area contributed by atoms with E-state index < -0.39 is 33.2 Å². The van der Waals surface area contributed by atoms with Crippen LogP contribution in [0.3, 0.4) is 0 Å². The lowest BCUT2D eigenvalue weighted by Gasteiger charge is -2.52. The topological polar surface area (TPSA) is 87.1 Å². The van der Waals surface area contributed by atoms with E-state index in [2.05, 4.69) is 0 Å². The van der Waals surface area contributed by atoms with Crippen LogP contribution in [0.5, 0.6) is 0 Å². The maximum absolute atomic E-state index is 10.7. The molecule has 17 heavy (non-hydrogen) atoms. The summed E-state index contributed by atoms with van der Waals surface area (Å²) in [5, 5.41) is 11.3. The third-order valence-corrected chi connectivity index (χ3v) is 3.30. The van der Waals surface area contributed by atoms with Crippen LogP contribution >= 0.6 is 0 Å². The van der Waals surface area contributed by atoms with Gasteiger partial charge in [-0.25, -0.2) is 0 Å². The Morgan fingerprint density at radius 3 is 2.00 bits per heavy atom. The summed E-state index contributed by atoms with van der Waals surface area (Å²) in [7, 11) is -4.16. The maximum atomic E-state index is 10.7. The van der Waals surface area contributed by atoms with Gasteiger partial charge in [0.05, 0.1) is 6.10 Å². The predicted molar refractivity (Wildman–Crippen MR) is 62.7 cm³/mol. The van der Waals surface area contributed by atoms with Crippen molar-refractivity contribution < 1.29 is 22.9 Å². The summed E-state index contributed by atoms with van der Waals surface area (Å²) in [6.07, 6.45) is 0.537. The van der Waals surface area contributed by atoms with Gasteiger partial charge in [-0.1, -0.05) is 0 Å². The number of hydrogen-bond acceptors (Lipinski definition) is 5. The summed E-state index contributed by atoms with van der Waals surface area (Å²) in [6.45, 7) is 7.45. The minimum absolute atomic E-state index is 0.439. The summed E-state index contributed by atoms with van der Waals surface area (Å²) in [5.41, 5.74) is -0.988. The quantitative estimate of drug-likeness (QED) is 0.735. The SMILES string of the molecule is CC1(C)CC(O)CC(C)(C)N1OCS(=O)(=O)O. The molecular weight excluding hydrogens is 246 g/mol. The zero-order valence-corrected chi connectivity index (χ0v) is 11.5. The molecule has 1 heterocycles. The molecule has 0 saturated carbocycles. The molecule has 0 radical (unpaired) electrons. The van der Waals surface area contributed by atoms with Crippen LogP contribution < -0.4 is 0 Å². The Hall–Kier alpha value is -0.210. The van der Waals surface area contributed by atoms with Gasteiger partial charge in [0.15, 0.2) is 5.94 Å². The van der Waals surface area contributed by atoms with Crippen LogP contribution in [0.25, 0.3) is 0 Å². The zero-order valence-electron chi connectivity index (χ0n) is 10.7. The molecule has 7 heteroatoms. The van der Waals surface area contributed by atoms with Gasteiger partial charge in [-0.2, -0.15) is 13.5 Å². The normalized spacial score (nSPS) is 26.0. The zero-order chi connectivity index (χ0) is 13.5. The molecule has 1 aliphatic rings. The molecule has 0 atom stereocenters. The highest BCUT2D eigenvalue weighted by Gasteiger charge is 2.46. The molecule has 0 spiro atoms. The molecule has 1 saturated heterocycles. The lowest BCUT2D eigenvalue weighted by molar-refractivity contribution is -0.282. The van der Waals surface area contributed by atoms with Gasteiger partial charge >= 0.3 is 0 Å². The molecule has 2 N–H and O–H groups in total. The second-order valence-electron chi connectivity index (χ2n) is 5.81. The van der Waals surface area contributed by atoms with E-state index >= 15 is 0 Å². The highest BCUT2D eigenvalue weighted by Crippen LogP contribution is 2.38. The summed E-state index contributed by atoms with van der Waals surface area (Å²) in [6, 6.07) is 0. The Morgan fingerprint density at radius 1 is 1.24 bits per heavy atom. The number of aliphatic hydroxyl groups excluding tert-OH is 1. The van der Waals surface area contributed by atoms with Gasteiger partial charge in [0, 0.05) is 11.1 Å². The van der Waals surface area contributed by atoms with Gasteiger partial charge in [-0.3, -0.25) is 9.39 Å². The van der Waals surface area contributed by atoms with Gasteiger partial charge < -0.3 is 5.11 Å². The van der Waals surface area contributed by atoms with Crippen molar-refractivity contribution in [3.05, 3.63) is 0 Å². The number of nitrogens with zero attached hydrogens (tertiary/aromatic N) is 1. The Bertz CT molecular complexity index is 358. The largest absolute Gasteiger partial charge is 0.393 e. The molecule has 0 amide bonds. The van der Waals surface area contributed by atoms with E-state index in [0.717, 1.165) is 0 Å². The van der Waals surface area contributed by atoms with Crippen molar-refractivity contribution in [2.45, 2.75) is 57.7 Å². The predicted octanol–water partition coefficient (Wildman–Crippen LogP) is 0.777. The van der Waals surface area contributed by atoms with E-state index in [1.807, 2.05) is 27.7 Å². The average molecular weight is 267 g/mol. The monoisotopic (exact) mass is 267 g/mol. The first kappa shape index (κ1) is 14.8. The lowest BCUT2D eigenvalue weighted by Crippen LogP contribution is -2.61. The third-order valence-electron chi connectivity index (χ3n) is 2.90.